The summed E-state index contributed by atoms with van der Waals surface area (Å²) in [5, 5.41) is 3.14. The van der Waals surface area contributed by atoms with Gasteiger partial charge in [0.05, 0.1) is 10.6 Å². The van der Waals surface area contributed by atoms with Gasteiger partial charge in [0.15, 0.2) is 0 Å². The third-order valence-electron chi connectivity index (χ3n) is 3.39. The van der Waals surface area contributed by atoms with Gasteiger partial charge in [-0.05, 0) is 62.2 Å². The number of sulfonamides is 1. The molecule has 0 saturated heterocycles. The molecule has 4 nitrogen and oxygen atoms in total. The predicted molar refractivity (Wildman–Crippen MR) is 87.3 cm³/mol. The van der Waals surface area contributed by atoms with Crippen molar-refractivity contribution in [1.82, 2.24) is 0 Å². The molecular formula is C16H20N2O2S. The van der Waals surface area contributed by atoms with Gasteiger partial charge in [0.25, 0.3) is 10.0 Å². The van der Waals surface area contributed by atoms with Crippen molar-refractivity contribution in [3.63, 3.8) is 0 Å². The average molecular weight is 304 g/mol. The second-order valence-corrected chi connectivity index (χ2v) is 6.59. The second-order valence-electron chi connectivity index (χ2n) is 4.91. The van der Waals surface area contributed by atoms with Gasteiger partial charge in [0, 0.05) is 12.2 Å². The van der Waals surface area contributed by atoms with Gasteiger partial charge in [-0.2, -0.15) is 0 Å². The highest BCUT2D eigenvalue weighted by Gasteiger charge is 2.15. The first kappa shape index (κ1) is 15.4. The van der Waals surface area contributed by atoms with Crippen LogP contribution in [0.15, 0.2) is 47.4 Å². The third-order valence-corrected chi connectivity index (χ3v) is 4.78. The maximum atomic E-state index is 12.4. The van der Waals surface area contributed by atoms with Crippen LogP contribution in [-0.4, -0.2) is 15.0 Å². The van der Waals surface area contributed by atoms with E-state index in [9.17, 15) is 8.42 Å². The van der Waals surface area contributed by atoms with Gasteiger partial charge in [0.1, 0.15) is 0 Å². The first-order valence-electron chi connectivity index (χ1n) is 6.87. The minimum atomic E-state index is -3.56. The summed E-state index contributed by atoms with van der Waals surface area (Å²) >= 11 is 0. The summed E-state index contributed by atoms with van der Waals surface area (Å²) in [5.41, 5.74) is 3.51. The molecule has 0 spiro atoms. The van der Waals surface area contributed by atoms with E-state index in [4.69, 9.17) is 0 Å². The van der Waals surface area contributed by atoms with E-state index < -0.39 is 10.0 Å². The van der Waals surface area contributed by atoms with Crippen LogP contribution in [-0.2, 0) is 10.0 Å². The smallest absolute Gasteiger partial charge is 0.261 e. The predicted octanol–water partition coefficient (Wildman–Crippen LogP) is 3.54. The van der Waals surface area contributed by atoms with Crippen LogP contribution in [0.5, 0.6) is 0 Å². The van der Waals surface area contributed by atoms with Crippen LogP contribution in [0, 0.1) is 13.8 Å². The van der Waals surface area contributed by atoms with Crippen molar-refractivity contribution in [3.05, 3.63) is 53.6 Å². The van der Waals surface area contributed by atoms with Gasteiger partial charge in [-0.3, -0.25) is 4.72 Å². The Balaban J connectivity index is 2.27. The lowest BCUT2D eigenvalue weighted by atomic mass is 10.1. The van der Waals surface area contributed by atoms with Gasteiger partial charge < -0.3 is 5.32 Å². The molecule has 0 amide bonds. The van der Waals surface area contributed by atoms with E-state index >= 15 is 0 Å². The number of nitrogens with one attached hydrogen (secondary N) is 2. The first-order valence-corrected chi connectivity index (χ1v) is 8.35. The summed E-state index contributed by atoms with van der Waals surface area (Å²) < 4.78 is 27.5. The number of rotatable bonds is 5. The van der Waals surface area contributed by atoms with Gasteiger partial charge in [-0.15, -0.1) is 0 Å². The van der Waals surface area contributed by atoms with Crippen LogP contribution in [0.2, 0.25) is 0 Å². The normalized spacial score (nSPS) is 11.2. The summed E-state index contributed by atoms with van der Waals surface area (Å²) in [4.78, 5) is 0.255. The molecule has 0 fully saturated rings. The minimum absolute atomic E-state index is 0.255. The molecular weight excluding hydrogens is 284 g/mol. The van der Waals surface area contributed by atoms with Crippen molar-refractivity contribution in [2.45, 2.75) is 25.7 Å². The number of hydrogen-bond donors (Lipinski definition) is 2. The zero-order valence-corrected chi connectivity index (χ0v) is 13.3. The second kappa shape index (κ2) is 6.18. The molecule has 0 heterocycles. The van der Waals surface area contributed by atoms with E-state index in [1.165, 1.54) is 0 Å². The van der Waals surface area contributed by atoms with E-state index in [0.29, 0.717) is 5.69 Å². The number of aryl methyl sites for hydroxylation is 1. The molecule has 21 heavy (non-hydrogen) atoms. The topological polar surface area (TPSA) is 58.2 Å². The molecule has 0 aliphatic rings. The van der Waals surface area contributed by atoms with Gasteiger partial charge in [0.2, 0.25) is 0 Å². The summed E-state index contributed by atoms with van der Waals surface area (Å²) in [7, 11) is -3.56. The standard InChI is InChI=1S/C16H20N2O2S/c1-4-17-14-8-10-15(11-9-14)21(19,20)18-16-7-5-6-12(2)13(16)3/h5-11,17-18H,4H2,1-3H3. The van der Waals surface area contributed by atoms with Crippen molar-refractivity contribution >= 4 is 21.4 Å². The van der Waals surface area contributed by atoms with Crippen LogP contribution in [0.1, 0.15) is 18.1 Å². The first-order chi connectivity index (χ1) is 9.94. The van der Waals surface area contributed by atoms with Crippen molar-refractivity contribution in [2.75, 3.05) is 16.6 Å². The molecule has 2 N–H and O–H groups in total. The Bertz CT molecular complexity index is 722. The van der Waals surface area contributed by atoms with Crippen molar-refractivity contribution in [3.8, 4) is 0 Å². The molecule has 5 heteroatoms. The van der Waals surface area contributed by atoms with Gasteiger partial charge >= 0.3 is 0 Å². The van der Waals surface area contributed by atoms with Gasteiger partial charge in [-0.1, -0.05) is 12.1 Å². The molecule has 2 rings (SSSR count). The molecule has 0 atom stereocenters. The molecule has 2 aromatic rings. The maximum absolute atomic E-state index is 12.4. The van der Waals surface area contributed by atoms with Gasteiger partial charge in [-0.25, -0.2) is 8.42 Å². The summed E-state index contributed by atoms with van der Waals surface area (Å²) in [5.74, 6) is 0. The van der Waals surface area contributed by atoms with Crippen LogP contribution < -0.4 is 10.0 Å². The number of anilines is 2. The fourth-order valence-electron chi connectivity index (χ4n) is 2.02. The van der Waals surface area contributed by atoms with Crippen molar-refractivity contribution < 1.29 is 8.42 Å². The van der Waals surface area contributed by atoms with Crippen molar-refractivity contribution in [1.29, 1.82) is 0 Å². The Labute approximate surface area is 126 Å². The fourth-order valence-corrected chi connectivity index (χ4v) is 3.14. The summed E-state index contributed by atoms with van der Waals surface area (Å²) in [6.45, 7) is 6.65. The fraction of sp³-hybridized carbons (Fsp3) is 0.250. The van der Waals surface area contributed by atoms with E-state index in [1.54, 1.807) is 30.3 Å². The molecule has 112 valence electrons. The maximum Gasteiger partial charge on any atom is 0.261 e. The van der Waals surface area contributed by atoms with Crippen LogP contribution in [0.4, 0.5) is 11.4 Å². The lowest BCUT2D eigenvalue weighted by molar-refractivity contribution is 0.601. The average Bonchev–Trinajstić information content (AvgIpc) is 2.45. The minimum Gasteiger partial charge on any atom is -0.385 e. The number of benzene rings is 2. The Kier molecular flexibility index (Phi) is 4.53. The highest BCUT2D eigenvalue weighted by Crippen LogP contribution is 2.22. The quantitative estimate of drug-likeness (QED) is 0.888. The van der Waals surface area contributed by atoms with E-state index in [2.05, 4.69) is 10.0 Å². The number of hydrogen-bond acceptors (Lipinski definition) is 3. The lowest BCUT2D eigenvalue weighted by Gasteiger charge is -2.12. The zero-order chi connectivity index (χ0) is 15.5. The Morgan fingerprint density at radius 3 is 2.29 bits per heavy atom. The molecule has 0 saturated carbocycles. The Morgan fingerprint density at radius 1 is 1.00 bits per heavy atom. The molecule has 0 radical (unpaired) electrons. The van der Waals surface area contributed by atoms with E-state index in [1.807, 2.05) is 32.9 Å². The van der Waals surface area contributed by atoms with Crippen LogP contribution in [0.3, 0.4) is 0 Å². The zero-order valence-electron chi connectivity index (χ0n) is 12.5. The highest BCUT2D eigenvalue weighted by atomic mass is 32.2. The summed E-state index contributed by atoms with van der Waals surface area (Å²) in [6.07, 6.45) is 0. The van der Waals surface area contributed by atoms with Crippen molar-refractivity contribution in [2.24, 2.45) is 0 Å². The Hall–Kier alpha value is -2.01. The summed E-state index contributed by atoms with van der Waals surface area (Å²) in [6, 6.07) is 12.3. The monoisotopic (exact) mass is 304 g/mol. The molecule has 0 aliphatic carbocycles. The van der Waals surface area contributed by atoms with Crippen LogP contribution in [0.25, 0.3) is 0 Å². The molecule has 0 aromatic heterocycles. The van der Waals surface area contributed by atoms with Crippen LogP contribution >= 0.6 is 0 Å². The Morgan fingerprint density at radius 2 is 1.67 bits per heavy atom. The van der Waals surface area contributed by atoms with E-state index in [-0.39, 0.29) is 4.90 Å². The molecule has 0 bridgehead atoms. The molecule has 0 aliphatic heterocycles. The third kappa shape index (κ3) is 3.55. The van der Waals surface area contributed by atoms with E-state index in [0.717, 1.165) is 23.4 Å². The highest BCUT2D eigenvalue weighted by molar-refractivity contribution is 7.92. The SMILES string of the molecule is CCNc1ccc(S(=O)(=O)Nc2cccc(C)c2C)cc1. The molecule has 0 unspecified atom stereocenters. The lowest BCUT2D eigenvalue weighted by Crippen LogP contribution is -2.14. The largest absolute Gasteiger partial charge is 0.385 e. The molecule has 2 aromatic carbocycles.